The van der Waals surface area contributed by atoms with Crippen molar-refractivity contribution in [1.82, 2.24) is 34.1 Å². The fourth-order valence-corrected chi connectivity index (χ4v) is 7.44. The molecular weight excluding hydrogens is 610 g/mol. The molecule has 42 heavy (non-hydrogen) atoms. The minimum absolute atomic E-state index is 0.156. The van der Waals surface area contributed by atoms with Crippen LogP contribution in [0.1, 0.15) is 54.5 Å². The van der Waals surface area contributed by atoms with Gasteiger partial charge < -0.3 is 0 Å². The molecule has 1 aliphatic rings. The van der Waals surface area contributed by atoms with Gasteiger partial charge in [-0.25, -0.2) is 0 Å². The van der Waals surface area contributed by atoms with Gasteiger partial charge in [-0.1, -0.05) is 0 Å². The summed E-state index contributed by atoms with van der Waals surface area (Å²) in [5.41, 5.74) is 2.52. The average molecular weight is 637 g/mol. The second kappa shape index (κ2) is 10.1. The number of ether oxygens (including phenoxy) is 1. The molecule has 0 N–H and O–H groups in total. The molecule has 1 fully saturated rings. The molecule has 1 aromatic carbocycles. The molecule has 0 bridgehead atoms. The van der Waals surface area contributed by atoms with E-state index in [1.165, 1.54) is 6.33 Å². The third-order valence-corrected chi connectivity index (χ3v) is 9.74. The second-order valence-electron chi connectivity index (χ2n) is 10.7. The summed E-state index contributed by atoms with van der Waals surface area (Å²) in [7, 11) is 1.58. The Bertz CT molecular complexity index is 1950. The number of nitrogens with zero attached hydrogens (tertiary/aromatic N) is 7. The van der Waals surface area contributed by atoms with E-state index in [0.29, 0.717) is 30.0 Å². The molecule has 7 rings (SSSR count). The first kappa shape index (κ1) is 26.9. The van der Waals surface area contributed by atoms with Crippen LogP contribution >= 0.6 is 0 Å². The Hall–Kier alpha value is -4.02. The van der Waals surface area contributed by atoms with Crippen LogP contribution in [0.4, 0.5) is 13.2 Å². The summed E-state index contributed by atoms with van der Waals surface area (Å²) >= 11 is -0.218. The Morgan fingerprint density at radius 1 is 1.02 bits per heavy atom. The fourth-order valence-electron chi connectivity index (χ4n) is 5.36. The normalized spacial score (nSPS) is 14.0. The maximum absolute atomic E-state index is 13.5. The van der Waals surface area contributed by atoms with Crippen molar-refractivity contribution < 1.29 is 17.9 Å². The molecule has 214 valence electrons. The van der Waals surface area contributed by atoms with Gasteiger partial charge in [0.05, 0.1) is 0 Å². The van der Waals surface area contributed by atoms with Crippen molar-refractivity contribution in [3.05, 3.63) is 70.9 Å². The van der Waals surface area contributed by atoms with Crippen molar-refractivity contribution in [1.29, 1.82) is 0 Å². The number of halogens is 3. The predicted octanol–water partition coefficient (Wildman–Crippen LogP) is 6.50. The maximum atomic E-state index is 13.5. The van der Waals surface area contributed by atoms with Crippen molar-refractivity contribution in [2.24, 2.45) is 0 Å². The topological polar surface area (TPSA) is 83.5 Å². The first-order valence-electron chi connectivity index (χ1n) is 13.6. The van der Waals surface area contributed by atoms with Gasteiger partial charge in [0, 0.05) is 0 Å². The van der Waals surface area contributed by atoms with E-state index < -0.39 is 11.9 Å². The van der Waals surface area contributed by atoms with Gasteiger partial charge in [-0.05, 0) is 0 Å². The second-order valence-corrected chi connectivity index (χ2v) is 13.1. The molecule has 0 atom stereocenters. The van der Waals surface area contributed by atoms with Crippen molar-refractivity contribution in [2.45, 2.75) is 51.4 Å². The van der Waals surface area contributed by atoms with Crippen LogP contribution in [0.25, 0.3) is 43.6 Å². The molecule has 12 heteroatoms. The van der Waals surface area contributed by atoms with E-state index in [0.717, 1.165) is 61.1 Å². The first-order chi connectivity index (χ1) is 20.2. The van der Waals surface area contributed by atoms with Gasteiger partial charge in [0.1, 0.15) is 0 Å². The molecule has 0 amide bonds. The molecule has 0 aliphatic heterocycles. The molecule has 0 radical (unpaired) electrons. The van der Waals surface area contributed by atoms with Crippen LogP contribution in [0.15, 0.2) is 55.1 Å². The summed E-state index contributed by atoms with van der Waals surface area (Å²) in [5, 5.41) is 1.95. The Balaban J connectivity index is 1.34. The van der Waals surface area contributed by atoms with E-state index in [1.807, 2.05) is 44.3 Å². The number of hydrogen-bond donors (Lipinski definition) is 0. The van der Waals surface area contributed by atoms with Crippen molar-refractivity contribution in [3.8, 4) is 27.5 Å². The van der Waals surface area contributed by atoms with Gasteiger partial charge in [-0.3, -0.25) is 0 Å². The van der Waals surface area contributed by atoms with Crippen LogP contribution in [-0.2, 0) is 12.7 Å². The van der Waals surface area contributed by atoms with Gasteiger partial charge in [0.25, 0.3) is 0 Å². The zero-order valence-corrected chi connectivity index (χ0v) is 24.8. The number of aromatic nitrogens is 7. The molecule has 0 spiro atoms. The summed E-state index contributed by atoms with van der Waals surface area (Å²) in [4.78, 5) is 22.7. The number of para-hydroxylation sites is 1. The van der Waals surface area contributed by atoms with E-state index in [2.05, 4.69) is 31.7 Å². The van der Waals surface area contributed by atoms with Crippen LogP contribution in [0, 0.1) is 0 Å². The first-order valence-corrected chi connectivity index (χ1v) is 15.3. The molecule has 5 aromatic heterocycles. The Labute approximate surface area is 245 Å². The molecule has 6 aromatic rings. The van der Waals surface area contributed by atoms with Crippen LogP contribution in [0.5, 0.6) is 5.88 Å². The van der Waals surface area contributed by atoms with E-state index in [1.54, 1.807) is 11.7 Å². The predicted molar refractivity (Wildman–Crippen MR) is 154 cm³/mol. The van der Waals surface area contributed by atoms with Crippen LogP contribution in [0.2, 0.25) is 0 Å². The summed E-state index contributed by atoms with van der Waals surface area (Å²) in [6, 6.07) is 11.8. The molecule has 0 unspecified atom stereocenters. The molecule has 0 saturated heterocycles. The van der Waals surface area contributed by atoms with Crippen molar-refractivity contribution >= 4 is 36.4 Å². The third-order valence-electron chi connectivity index (χ3n) is 7.51. The van der Waals surface area contributed by atoms with Gasteiger partial charge in [-0.15, -0.1) is 0 Å². The number of imidazole rings is 1. The number of fused-ring (bicyclic) bond motifs is 3. The van der Waals surface area contributed by atoms with Crippen LogP contribution in [-0.4, -0.2) is 55.7 Å². The van der Waals surface area contributed by atoms with Crippen molar-refractivity contribution in [2.75, 3.05) is 7.11 Å². The van der Waals surface area contributed by atoms with Crippen LogP contribution < -0.4 is 4.74 Å². The minimum atomic E-state index is -4.50. The number of alkyl halides is 3. The Morgan fingerprint density at radius 2 is 1.83 bits per heavy atom. The average Bonchev–Trinajstić information content (AvgIpc) is 3.41. The van der Waals surface area contributed by atoms with Crippen molar-refractivity contribution in [3.63, 3.8) is 0 Å². The van der Waals surface area contributed by atoms with E-state index >= 15 is 0 Å². The zero-order valence-electron chi connectivity index (χ0n) is 23.1. The zero-order chi connectivity index (χ0) is 29.2. The molecule has 1 saturated carbocycles. The summed E-state index contributed by atoms with van der Waals surface area (Å²) in [6.45, 7) is 4.25. The summed E-state index contributed by atoms with van der Waals surface area (Å²) in [6.07, 6.45) is 2.09. The van der Waals surface area contributed by atoms with Gasteiger partial charge in [0.15, 0.2) is 0 Å². The number of benzene rings is 1. The van der Waals surface area contributed by atoms with Gasteiger partial charge in [0.2, 0.25) is 0 Å². The van der Waals surface area contributed by atoms with Gasteiger partial charge >= 0.3 is 245 Å². The third kappa shape index (κ3) is 4.59. The fraction of sp³-hybridized carbons (Fsp3) is 0.300. The number of methoxy groups -OCH3 is 1. The van der Waals surface area contributed by atoms with Crippen LogP contribution in [0.3, 0.4) is 0 Å². The summed E-state index contributed by atoms with van der Waals surface area (Å²) < 4.78 is 51.8. The molecular formula is C30H26F3N7OSe. The Kier molecular flexibility index (Phi) is 6.43. The number of rotatable bonds is 7. The quantitative estimate of drug-likeness (QED) is 0.186. The monoisotopic (exact) mass is 637 g/mol. The van der Waals surface area contributed by atoms with E-state index in [9.17, 15) is 13.2 Å². The Morgan fingerprint density at radius 3 is 2.57 bits per heavy atom. The summed E-state index contributed by atoms with van der Waals surface area (Å²) in [5.74, 6) is 1.67. The van der Waals surface area contributed by atoms with E-state index in [-0.39, 0.29) is 20.5 Å². The van der Waals surface area contributed by atoms with E-state index in [4.69, 9.17) is 14.7 Å². The SMILES string of the molecule is COc1ncnc(C2CC2)c1-c1ncc2c3ccccc3n(Cc3ccc(-c4nc(C(F)(F)F)cn4C(C)C)[se]3)c2n1. The standard InChI is InChI=1S/C30H26F3N7OSe/c1-16(2)39-14-23(30(31,32)33)37-28(39)22-11-10-18(42-22)13-40-21-7-5-4-6-19(21)20-12-34-26(38-27(20)40)24-25(17-8-9-17)35-15-36-29(24)41-3/h4-7,10-12,14-17H,8-9,13H2,1-3H3. The van der Waals surface area contributed by atoms with Gasteiger partial charge in [-0.2, -0.15) is 0 Å². The number of hydrogen-bond acceptors (Lipinski definition) is 6. The molecule has 8 nitrogen and oxygen atoms in total. The molecule has 1 aliphatic carbocycles. The molecule has 5 heterocycles.